The van der Waals surface area contributed by atoms with Gasteiger partial charge in [0.25, 0.3) is 0 Å². The normalized spacial score (nSPS) is 10.5. The Hall–Kier alpha value is -2.66. The molecule has 0 radical (unpaired) electrons. The molecule has 0 unspecified atom stereocenters. The number of nitrogens with zero attached hydrogens (tertiary/aromatic N) is 2. The first-order valence-corrected chi connectivity index (χ1v) is 7.54. The van der Waals surface area contributed by atoms with Gasteiger partial charge in [0, 0.05) is 16.3 Å². The number of benzene rings is 2. The Kier molecular flexibility index (Phi) is 4.39. The first kappa shape index (κ1) is 15.2. The van der Waals surface area contributed by atoms with E-state index in [9.17, 15) is 4.79 Å². The maximum absolute atomic E-state index is 12.3. The molecule has 2 aromatic carbocycles. The number of amides is 1. The zero-order chi connectivity index (χ0) is 16.2. The quantitative estimate of drug-likeness (QED) is 0.779. The number of para-hydroxylation sites is 1. The zero-order valence-electron chi connectivity index (χ0n) is 12.4. The number of hydrogen-bond acceptors (Lipinski definition) is 4. The summed E-state index contributed by atoms with van der Waals surface area (Å²) in [6.07, 6.45) is 0.814. The number of carbonyl (C=O) groups is 1. The molecule has 0 saturated heterocycles. The van der Waals surface area contributed by atoms with Gasteiger partial charge < -0.3 is 9.73 Å². The first-order chi connectivity index (χ1) is 11.2. The fourth-order valence-corrected chi connectivity index (χ4v) is 2.37. The molecule has 3 aromatic rings. The van der Waals surface area contributed by atoms with Gasteiger partial charge in [0.2, 0.25) is 5.89 Å². The van der Waals surface area contributed by atoms with Gasteiger partial charge in [0.15, 0.2) is 0 Å². The lowest BCUT2D eigenvalue weighted by Crippen LogP contribution is -2.13. The number of anilines is 1. The van der Waals surface area contributed by atoms with Crippen LogP contribution in [0.1, 0.15) is 23.2 Å². The van der Waals surface area contributed by atoms with Crippen LogP contribution >= 0.6 is 11.6 Å². The van der Waals surface area contributed by atoms with Crippen LogP contribution in [0.15, 0.2) is 52.9 Å². The van der Waals surface area contributed by atoms with Crippen molar-refractivity contribution in [3.8, 4) is 11.5 Å². The van der Waals surface area contributed by atoms with E-state index in [0.717, 1.165) is 17.7 Å². The second-order valence-corrected chi connectivity index (χ2v) is 5.32. The summed E-state index contributed by atoms with van der Waals surface area (Å²) in [6.45, 7) is 2.02. The molecule has 1 aromatic heterocycles. The topological polar surface area (TPSA) is 68.0 Å². The summed E-state index contributed by atoms with van der Waals surface area (Å²) in [5.41, 5.74) is 2.44. The molecular formula is C17H14ClN3O2. The predicted octanol–water partition coefficient (Wildman–Crippen LogP) is 4.20. The van der Waals surface area contributed by atoms with Gasteiger partial charge in [-0.2, -0.15) is 0 Å². The van der Waals surface area contributed by atoms with E-state index in [1.807, 2.05) is 31.2 Å². The highest BCUT2D eigenvalue weighted by atomic mass is 35.5. The molecule has 0 bridgehead atoms. The summed E-state index contributed by atoms with van der Waals surface area (Å²) in [5, 5.41) is 11.1. The van der Waals surface area contributed by atoms with E-state index in [0.29, 0.717) is 10.6 Å². The second kappa shape index (κ2) is 6.62. The van der Waals surface area contributed by atoms with E-state index in [2.05, 4.69) is 15.5 Å². The van der Waals surface area contributed by atoms with Crippen molar-refractivity contribution in [2.75, 3.05) is 5.32 Å². The molecule has 0 aliphatic carbocycles. The lowest BCUT2D eigenvalue weighted by atomic mass is 10.1. The molecule has 6 heteroatoms. The molecule has 23 heavy (non-hydrogen) atoms. The van der Waals surface area contributed by atoms with E-state index in [-0.39, 0.29) is 11.8 Å². The fourth-order valence-electron chi connectivity index (χ4n) is 2.18. The molecule has 0 spiro atoms. The van der Waals surface area contributed by atoms with Gasteiger partial charge in [-0.1, -0.05) is 42.8 Å². The highest BCUT2D eigenvalue weighted by Crippen LogP contribution is 2.22. The highest BCUT2D eigenvalue weighted by Gasteiger charge is 2.17. The predicted molar refractivity (Wildman–Crippen MR) is 88.5 cm³/mol. The van der Waals surface area contributed by atoms with Crippen molar-refractivity contribution >= 4 is 23.2 Å². The molecule has 0 atom stereocenters. The molecule has 1 amide bonds. The highest BCUT2D eigenvalue weighted by molar-refractivity contribution is 6.30. The molecule has 3 rings (SSSR count). The number of rotatable bonds is 4. The van der Waals surface area contributed by atoms with Crippen LogP contribution < -0.4 is 5.32 Å². The SMILES string of the molecule is CCc1ccccc1NC(=O)c1nnc(-c2cccc(Cl)c2)o1. The Balaban J connectivity index is 1.81. The van der Waals surface area contributed by atoms with Crippen LogP contribution in [-0.4, -0.2) is 16.1 Å². The van der Waals surface area contributed by atoms with Crippen molar-refractivity contribution in [2.24, 2.45) is 0 Å². The van der Waals surface area contributed by atoms with Crippen LogP contribution in [0, 0.1) is 0 Å². The van der Waals surface area contributed by atoms with E-state index in [1.54, 1.807) is 24.3 Å². The van der Waals surface area contributed by atoms with Crippen molar-refractivity contribution < 1.29 is 9.21 Å². The van der Waals surface area contributed by atoms with Gasteiger partial charge in [-0.25, -0.2) is 0 Å². The van der Waals surface area contributed by atoms with Crippen LogP contribution in [0.5, 0.6) is 0 Å². The van der Waals surface area contributed by atoms with E-state index in [4.69, 9.17) is 16.0 Å². The summed E-state index contributed by atoms with van der Waals surface area (Å²) < 4.78 is 5.44. The molecule has 5 nitrogen and oxygen atoms in total. The fraction of sp³-hybridized carbons (Fsp3) is 0.118. The third-order valence-corrected chi connectivity index (χ3v) is 3.57. The molecule has 1 heterocycles. The van der Waals surface area contributed by atoms with Crippen LogP contribution in [-0.2, 0) is 6.42 Å². The summed E-state index contributed by atoms with van der Waals surface area (Å²) in [5.74, 6) is -0.279. The molecule has 1 N–H and O–H groups in total. The van der Waals surface area contributed by atoms with Gasteiger partial charge in [-0.15, -0.1) is 10.2 Å². The Labute approximate surface area is 138 Å². The molecule has 0 saturated carbocycles. The van der Waals surface area contributed by atoms with Crippen LogP contribution in [0.3, 0.4) is 0 Å². The van der Waals surface area contributed by atoms with Crippen molar-refractivity contribution in [2.45, 2.75) is 13.3 Å². The number of carbonyl (C=O) groups excluding carboxylic acids is 1. The van der Waals surface area contributed by atoms with Crippen molar-refractivity contribution in [1.29, 1.82) is 0 Å². The zero-order valence-corrected chi connectivity index (χ0v) is 13.2. The van der Waals surface area contributed by atoms with Crippen LogP contribution in [0.2, 0.25) is 5.02 Å². The maximum atomic E-state index is 12.3. The molecule has 0 aliphatic heterocycles. The first-order valence-electron chi connectivity index (χ1n) is 7.16. The largest absolute Gasteiger partial charge is 0.412 e. The molecule has 0 fully saturated rings. The van der Waals surface area contributed by atoms with E-state index >= 15 is 0 Å². The summed E-state index contributed by atoms with van der Waals surface area (Å²) in [4.78, 5) is 12.3. The average molecular weight is 328 g/mol. The van der Waals surface area contributed by atoms with Gasteiger partial charge in [0.1, 0.15) is 0 Å². The number of aryl methyl sites for hydroxylation is 1. The maximum Gasteiger partial charge on any atom is 0.313 e. The molecular weight excluding hydrogens is 314 g/mol. The standard InChI is InChI=1S/C17H14ClN3O2/c1-2-11-6-3-4-9-14(11)19-15(22)17-21-20-16(23-17)12-7-5-8-13(18)10-12/h3-10H,2H2,1H3,(H,19,22). The Morgan fingerprint density at radius 1 is 1.17 bits per heavy atom. The minimum atomic E-state index is -0.438. The van der Waals surface area contributed by atoms with Crippen LogP contribution in [0.25, 0.3) is 11.5 Å². The summed E-state index contributed by atoms with van der Waals surface area (Å²) in [6, 6.07) is 14.6. The van der Waals surface area contributed by atoms with Crippen molar-refractivity contribution in [1.82, 2.24) is 10.2 Å². The minimum Gasteiger partial charge on any atom is -0.412 e. The summed E-state index contributed by atoms with van der Waals surface area (Å²) in [7, 11) is 0. The van der Waals surface area contributed by atoms with Gasteiger partial charge in [-0.05, 0) is 36.2 Å². The van der Waals surface area contributed by atoms with E-state index < -0.39 is 5.91 Å². The third-order valence-electron chi connectivity index (χ3n) is 3.34. The van der Waals surface area contributed by atoms with E-state index in [1.165, 1.54) is 0 Å². The van der Waals surface area contributed by atoms with Crippen molar-refractivity contribution in [3.05, 3.63) is 65.0 Å². The Morgan fingerprint density at radius 2 is 2.00 bits per heavy atom. The molecule has 0 aliphatic rings. The minimum absolute atomic E-state index is 0.0918. The van der Waals surface area contributed by atoms with Gasteiger partial charge in [-0.3, -0.25) is 4.79 Å². The second-order valence-electron chi connectivity index (χ2n) is 4.89. The van der Waals surface area contributed by atoms with Gasteiger partial charge in [0.05, 0.1) is 0 Å². The van der Waals surface area contributed by atoms with Crippen LogP contribution in [0.4, 0.5) is 5.69 Å². The Morgan fingerprint density at radius 3 is 2.78 bits per heavy atom. The number of hydrogen-bond donors (Lipinski definition) is 1. The van der Waals surface area contributed by atoms with Gasteiger partial charge >= 0.3 is 11.8 Å². The number of aromatic nitrogens is 2. The average Bonchev–Trinajstić information content (AvgIpc) is 3.05. The monoisotopic (exact) mass is 327 g/mol. The molecule has 116 valence electrons. The lowest BCUT2D eigenvalue weighted by Gasteiger charge is -2.07. The third kappa shape index (κ3) is 3.40. The number of halogens is 1. The smallest absolute Gasteiger partial charge is 0.313 e. The lowest BCUT2D eigenvalue weighted by molar-refractivity contribution is 0.0990. The number of nitrogens with one attached hydrogen (secondary N) is 1. The van der Waals surface area contributed by atoms with Crippen molar-refractivity contribution in [3.63, 3.8) is 0 Å². The summed E-state index contributed by atoms with van der Waals surface area (Å²) >= 11 is 5.94. The Bertz CT molecular complexity index is 845.